The molecule has 5 rings (SSSR count). The smallest absolute Gasteiger partial charge is 0.128 e. The van der Waals surface area contributed by atoms with Crippen molar-refractivity contribution in [3.63, 3.8) is 0 Å². The normalized spacial score (nSPS) is 23.3. The van der Waals surface area contributed by atoms with Crippen molar-refractivity contribution in [1.82, 2.24) is 9.80 Å². The summed E-state index contributed by atoms with van der Waals surface area (Å²) >= 11 is 0. The largest absolute Gasteiger partial charge is 0.497 e. The van der Waals surface area contributed by atoms with Gasteiger partial charge < -0.3 is 14.4 Å². The van der Waals surface area contributed by atoms with Crippen molar-refractivity contribution in [3.8, 4) is 11.5 Å². The molecule has 2 saturated heterocycles. The fraction of sp³-hybridized carbons (Fsp3) is 0.600. The Morgan fingerprint density at radius 1 is 0.943 bits per heavy atom. The molecule has 35 heavy (non-hydrogen) atoms. The SMILES string of the molecule is COc1cccc(C(C)N2CCN(c3c(C)c(C)c4c(c3C)C(N3CCCC3)C(C)(C)O4)CC2)c1. The summed E-state index contributed by atoms with van der Waals surface area (Å²) in [5, 5.41) is 0. The quantitative estimate of drug-likeness (QED) is 0.542. The van der Waals surface area contributed by atoms with Gasteiger partial charge in [-0.3, -0.25) is 9.80 Å². The minimum Gasteiger partial charge on any atom is -0.497 e. The number of hydrogen-bond acceptors (Lipinski definition) is 5. The van der Waals surface area contributed by atoms with E-state index in [1.807, 2.05) is 6.07 Å². The van der Waals surface area contributed by atoms with Gasteiger partial charge in [0.2, 0.25) is 0 Å². The van der Waals surface area contributed by atoms with Gasteiger partial charge in [0.1, 0.15) is 17.1 Å². The van der Waals surface area contributed by atoms with Gasteiger partial charge in [-0.05, 0) is 102 Å². The maximum Gasteiger partial charge on any atom is 0.128 e. The molecule has 3 aliphatic heterocycles. The van der Waals surface area contributed by atoms with Crippen LogP contribution in [0.4, 0.5) is 5.69 Å². The summed E-state index contributed by atoms with van der Waals surface area (Å²) in [5.41, 5.74) is 8.16. The molecule has 2 fully saturated rings. The highest BCUT2D eigenvalue weighted by molar-refractivity contribution is 5.71. The molecule has 0 amide bonds. The first-order valence-electron chi connectivity index (χ1n) is 13.4. The number of anilines is 1. The number of hydrogen-bond donors (Lipinski definition) is 0. The zero-order valence-corrected chi connectivity index (χ0v) is 22.8. The van der Waals surface area contributed by atoms with E-state index in [9.17, 15) is 0 Å². The fourth-order valence-corrected chi connectivity index (χ4v) is 6.80. The second kappa shape index (κ2) is 9.33. The van der Waals surface area contributed by atoms with Crippen molar-refractivity contribution in [2.45, 2.75) is 72.1 Å². The predicted molar refractivity (Wildman–Crippen MR) is 144 cm³/mol. The molecular formula is C30H43N3O2. The van der Waals surface area contributed by atoms with E-state index in [2.05, 4.69) is 74.4 Å². The molecule has 0 N–H and O–H groups in total. The van der Waals surface area contributed by atoms with Crippen LogP contribution in [0.5, 0.6) is 11.5 Å². The second-order valence-corrected chi connectivity index (χ2v) is 11.3. The average molecular weight is 478 g/mol. The van der Waals surface area contributed by atoms with Crippen molar-refractivity contribution in [2.24, 2.45) is 0 Å². The predicted octanol–water partition coefficient (Wildman–Crippen LogP) is 5.81. The first kappa shape index (κ1) is 24.5. The van der Waals surface area contributed by atoms with Gasteiger partial charge in [0.25, 0.3) is 0 Å². The van der Waals surface area contributed by atoms with Gasteiger partial charge in [0.05, 0.1) is 13.2 Å². The third kappa shape index (κ3) is 4.21. The van der Waals surface area contributed by atoms with Crippen LogP contribution in [0, 0.1) is 20.8 Å². The van der Waals surface area contributed by atoms with Crippen LogP contribution in [0.25, 0.3) is 0 Å². The van der Waals surface area contributed by atoms with Gasteiger partial charge in [-0.1, -0.05) is 12.1 Å². The number of nitrogens with zero attached hydrogens (tertiary/aromatic N) is 3. The molecule has 2 aromatic rings. The standard InChI is InChI=1S/C30H43N3O2/c1-20-21(2)28-26(29(30(5,6)35-28)33-13-8-9-14-33)22(3)27(20)32-17-15-31(16-18-32)23(4)24-11-10-12-25(19-24)34-7/h10-12,19,23,29H,8-9,13-18H2,1-7H3. The Morgan fingerprint density at radius 3 is 2.29 bits per heavy atom. The Morgan fingerprint density at radius 2 is 1.63 bits per heavy atom. The first-order chi connectivity index (χ1) is 16.7. The van der Waals surface area contributed by atoms with Crippen LogP contribution in [0.2, 0.25) is 0 Å². The van der Waals surface area contributed by atoms with E-state index in [1.54, 1.807) is 7.11 Å². The monoisotopic (exact) mass is 477 g/mol. The van der Waals surface area contributed by atoms with Crippen molar-refractivity contribution < 1.29 is 9.47 Å². The molecule has 0 radical (unpaired) electrons. The molecule has 3 heterocycles. The maximum absolute atomic E-state index is 6.69. The maximum atomic E-state index is 6.69. The molecule has 0 aromatic heterocycles. The van der Waals surface area contributed by atoms with Crippen molar-refractivity contribution in [3.05, 3.63) is 52.1 Å². The van der Waals surface area contributed by atoms with E-state index >= 15 is 0 Å². The van der Waals surface area contributed by atoms with Crippen molar-refractivity contribution in [1.29, 1.82) is 0 Å². The van der Waals surface area contributed by atoms with E-state index in [1.165, 1.54) is 59.4 Å². The number of piperazine rings is 1. The van der Waals surface area contributed by atoms with Crippen LogP contribution < -0.4 is 14.4 Å². The molecule has 0 bridgehead atoms. The summed E-state index contributed by atoms with van der Waals surface area (Å²) in [7, 11) is 1.74. The Balaban J connectivity index is 1.41. The van der Waals surface area contributed by atoms with Crippen LogP contribution in [0.1, 0.15) is 73.5 Å². The molecule has 2 atom stereocenters. The minimum atomic E-state index is -0.196. The molecule has 2 unspecified atom stereocenters. The number of benzene rings is 2. The number of likely N-dealkylation sites (tertiary alicyclic amines) is 1. The average Bonchev–Trinajstić information content (AvgIpc) is 3.48. The zero-order chi connectivity index (χ0) is 24.9. The van der Waals surface area contributed by atoms with E-state index in [0.29, 0.717) is 12.1 Å². The highest BCUT2D eigenvalue weighted by Gasteiger charge is 2.47. The fourth-order valence-electron chi connectivity index (χ4n) is 6.80. The first-order valence-corrected chi connectivity index (χ1v) is 13.4. The van der Waals surface area contributed by atoms with Crippen LogP contribution in [-0.2, 0) is 0 Å². The highest BCUT2D eigenvalue weighted by Crippen LogP contribution is 2.53. The van der Waals surface area contributed by atoms with Crippen LogP contribution in [0.15, 0.2) is 24.3 Å². The number of fused-ring (bicyclic) bond motifs is 1. The van der Waals surface area contributed by atoms with E-state index in [0.717, 1.165) is 37.7 Å². The molecule has 0 spiro atoms. The molecule has 2 aromatic carbocycles. The summed E-state index contributed by atoms with van der Waals surface area (Å²) < 4.78 is 12.2. The van der Waals surface area contributed by atoms with Crippen molar-refractivity contribution in [2.75, 3.05) is 51.3 Å². The Labute approximate surface area is 212 Å². The van der Waals surface area contributed by atoms with Crippen LogP contribution >= 0.6 is 0 Å². The van der Waals surface area contributed by atoms with Gasteiger partial charge in [-0.15, -0.1) is 0 Å². The van der Waals surface area contributed by atoms with E-state index in [4.69, 9.17) is 9.47 Å². The molecule has 5 nitrogen and oxygen atoms in total. The number of ether oxygens (including phenoxy) is 2. The molecule has 5 heteroatoms. The summed E-state index contributed by atoms with van der Waals surface area (Å²) in [6.45, 7) is 20.4. The molecular weight excluding hydrogens is 434 g/mol. The van der Waals surface area contributed by atoms with E-state index < -0.39 is 0 Å². The minimum absolute atomic E-state index is 0.196. The van der Waals surface area contributed by atoms with Gasteiger partial charge >= 0.3 is 0 Å². The second-order valence-electron chi connectivity index (χ2n) is 11.3. The topological polar surface area (TPSA) is 28.2 Å². The lowest BCUT2D eigenvalue weighted by Gasteiger charge is -2.41. The van der Waals surface area contributed by atoms with E-state index in [-0.39, 0.29) is 5.60 Å². The lowest BCUT2D eigenvalue weighted by Crippen LogP contribution is -2.47. The summed E-state index contributed by atoms with van der Waals surface area (Å²) in [4.78, 5) is 7.92. The molecule has 0 saturated carbocycles. The van der Waals surface area contributed by atoms with Crippen LogP contribution in [0.3, 0.4) is 0 Å². The van der Waals surface area contributed by atoms with Gasteiger partial charge in [-0.2, -0.15) is 0 Å². The number of rotatable bonds is 5. The third-order valence-corrected chi connectivity index (χ3v) is 8.82. The number of methoxy groups -OCH3 is 1. The third-order valence-electron chi connectivity index (χ3n) is 8.82. The van der Waals surface area contributed by atoms with Gasteiger partial charge in [-0.25, -0.2) is 0 Å². The molecule has 190 valence electrons. The van der Waals surface area contributed by atoms with Gasteiger partial charge in [0, 0.05) is 43.5 Å². The summed E-state index contributed by atoms with van der Waals surface area (Å²) in [6.07, 6.45) is 2.60. The van der Waals surface area contributed by atoms with Gasteiger partial charge in [0.15, 0.2) is 0 Å². The Hall–Kier alpha value is -2.24. The summed E-state index contributed by atoms with van der Waals surface area (Å²) in [5.74, 6) is 2.08. The lowest BCUT2D eigenvalue weighted by molar-refractivity contribution is 0.0396. The Kier molecular flexibility index (Phi) is 6.52. The van der Waals surface area contributed by atoms with Crippen LogP contribution in [-0.4, -0.2) is 61.8 Å². The zero-order valence-electron chi connectivity index (χ0n) is 22.8. The highest BCUT2D eigenvalue weighted by atomic mass is 16.5. The molecule has 3 aliphatic rings. The Bertz CT molecular complexity index is 1080. The molecule has 0 aliphatic carbocycles. The lowest BCUT2D eigenvalue weighted by atomic mass is 9.86. The summed E-state index contributed by atoms with van der Waals surface area (Å²) in [6, 6.07) is 9.24. The van der Waals surface area contributed by atoms with Crippen molar-refractivity contribution >= 4 is 5.69 Å².